The first kappa shape index (κ1) is 13.2. The summed E-state index contributed by atoms with van der Waals surface area (Å²) in [7, 11) is 0. The maximum atomic E-state index is 10.0. The van der Waals surface area contributed by atoms with Crippen molar-refractivity contribution in [1.82, 2.24) is 4.90 Å². The molecule has 0 fully saturated rings. The van der Waals surface area contributed by atoms with E-state index < -0.39 is 0 Å². The van der Waals surface area contributed by atoms with Crippen molar-refractivity contribution >= 4 is 6.29 Å². The van der Waals surface area contributed by atoms with Crippen molar-refractivity contribution in [2.75, 3.05) is 6.54 Å². The number of rotatable bonds is 5. The molecule has 0 aromatic heterocycles. The zero-order chi connectivity index (χ0) is 11.0. The Kier molecular flexibility index (Phi) is 7.14. The summed E-state index contributed by atoms with van der Waals surface area (Å²) in [6, 6.07) is 1.05. The summed E-state index contributed by atoms with van der Waals surface area (Å²) < 4.78 is 0. The van der Waals surface area contributed by atoms with Crippen molar-refractivity contribution in [3.63, 3.8) is 0 Å². The van der Waals surface area contributed by atoms with Crippen LogP contribution in [-0.2, 0) is 4.79 Å². The summed E-state index contributed by atoms with van der Waals surface area (Å²) in [5.74, 6) is 6.10. The lowest BCUT2D eigenvalue weighted by atomic mass is 10.2. The van der Waals surface area contributed by atoms with Gasteiger partial charge in [0.25, 0.3) is 0 Å². The number of hydrogen-bond acceptors (Lipinski definition) is 2. The molecule has 2 nitrogen and oxygen atoms in total. The van der Waals surface area contributed by atoms with Crippen molar-refractivity contribution in [2.45, 2.75) is 52.6 Å². The highest BCUT2D eigenvalue weighted by Gasteiger charge is 2.10. The largest absolute Gasteiger partial charge is 0.303 e. The van der Waals surface area contributed by atoms with Gasteiger partial charge < -0.3 is 4.79 Å². The molecule has 0 spiro atoms. The van der Waals surface area contributed by atoms with E-state index in [2.05, 4.69) is 44.4 Å². The minimum Gasteiger partial charge on any atom is -0.303 e. The highest BCUT2D eigenvalue weighted by Crippen LogP contribution is 2.02. The van der Waals surface area contributed by atoms with Gasteiger partial charge in [0.1, 0.15) is 6.29 Å². The van der Waals surface area contributed by atoms with Crippen LogP contribution in [0.2, 0.25) is 0 Å². The van der Waals surface area contributed by atoms with Crippen LogP contribution in [0, 0.1) is 11.8 Å². The van der Waals surface area contributed by atoms with Gasteiger partial charge in [-0.3, -0.25) is 4.90 Å². The summed E-state index contributed by atoms with van der Waals surface area (Å²) in [5.41, 5.74) is 0. The van der Waals surface area contributed by atoms with Gasteiger partial charge in [0, 0.05) is 24.9 Å². The summed E-state index contributed by atoms with van der Waals surface area (Å²) in [5, 5.41) is 0. The Morgan fingerprint density at radius 3 is 2.14 bits per heavy atom. The smallest absolute Gasteiger partial charge is 0.120 e. The summed E-state index contributed by atoms with van der Waals surface area (Å²) in [4.78, 5) is 12.4. The lowest BCUT2D eigenvalue weighted by molar-refractivity contribution is -0.107. The Bertz CT molecular complexity index is 202. The van der Waals surface area contributed by atoms with E-state index in [1.165, 1.54) is 0 Å². The Morgan fingerprint density at radius 1 is 1.14 bits per heavy atom. The molecule has 0 saturated carbocycles. The van der Waals surface area contributed by atoms with Crippen LogP contribution in [0.15, 0.2) is 0 Å². The van der Waals surface area contributed by atoms with Gasteiger partial charge >= 0.3 is 0 Å². The van der Waals surface area contributed by atoms with Gasteiger partial charge in [-0.15, -0.1) is 5.92 Å². The average molecular weight is 195 g/mol. The molecule has 0 rings (SSSR count). The van der Waals surface area contributed by atoms with E-state index in [0.717, 1.165) is 12.8 Å². The zero-order valence-electron chi connectivity index (χ0n) is 9.71. The maximum absolute atomic E-state index is 10.0. The Morgan fingerprint density at radius 2 is 1.71 bits per heavy atom. The van der Waals surface area contributed by atoms with Crippen molar-refractivity contribution in [2.24, 2.45) is 0 Å². The first-order valence-electron chi connectivity index (χ1n) is 5.24. The van der Waals surface area contributed by atoms with Crippen LogP contribution in [0.5, 0.6) is 0 Å². The van der Waals surface area contributed by atoms with Gasteiger partial charge in [-0.05, 0) is 27.7 Å². The lowest BCUT2D eigenvalue weighted by Crippen LogP contribution is -2.37. The van der Waals surface area contributed by atoms with Gasteiger partial charge in [0.2, 0.25) is 0 Å². The Hall–Kier alpha value is -0.810. The summed E-state index contributed by atoms with van der Waals surface area (Å²) in [6.45, 7) is 9.49. The van der Waals surface area contributed by atoms with Crippen LogP contribution in [0.25, 0.3) is 0 Å². The summed E-state index contributed by atoms with van der Waals surface area (Å²) >= 11 is 0. The molecule has 0 aliphatic heterocycles. The quantitative estimate of drug-likeness (QED) is 0.380. The van der Waals surface area contributed by atoms with E-state index in [9.17, 15) is 4.79 Å². The molecule has 0 heterocycles. The molecular weight excluding hydrogens is 174 g/mol. The number of carbonyl (C=O) groups excluding carboxylic acids is 1. The van der Waals surface area contributed by atoms with Crippen LogP contribution in [0.1, 0.15) is 40.5 Å². The highest BCUT2D eigenvalue weighted by atomic mass is 16.1. The monoisotopic (exact) mass is 195 g/mol. The number of nitrogens with zero attached hydrogens (tertiary/aromatic N) is 1. The SMILES string of the molecule is CC(C)N(CC#CCCC=O)C(C)C. The molecule has 0 aliphatic rings. The van der Waals surface area contributed by atoms with Gasteiger partial charge in [0.05, 0.1) is 6.54 Å². The maximum Gasteiger partial charge on any atom is 0.120 e. The van der Waals surface area contributed by atoms with E-state index in [1.54, 1.807) is 0 Å². The third-order valence-corrected chi connectivity index (χ3v) is 2.10. The summed E-state index contributed by atoms with van der Waals surface area (Å²) in [6.07, 6.45) is 2.15. The Balaban J connectivity index is 3.91. The molecule has 0 unspecified atom stereocenters. The normalized spacial score (nSPS) is 10.5. The van der Waals surface area contributed by atoms with E-state index in [1.807, 2.05) is 0 Å². The van der Waals surface area contributed by atoms with Crippen molar-refractivity contribution < 1.29 is 4.79 Å². The van der Waals surface area contributed by atoms with Crippen LogP contribution in [0.3, 0.4) is 0 Å². The number of aldehydes is 1. The van der Waals surface area contributed by atoms with Crippen molar-refractivity contribution in [3.05, 3.63) is 0 Å². The molecular formula is C12H21NO. The van der Waals surface area contributed by atoms with Crippen molar-refractivity contribution in [3.8, 4) is 11.8 Å². The molecule has 0 aromatic carbocycles. The molecule has 14 heavy (non-hydrogen) atoms. The number of hydrogen-bond donors (Lipinski definition) is 0. The second-order valence-electron chi connectivity index (χ2n) is 3.92. The van der Waals surface area contributed by atoms with Crippen LogP contribution < -0.4 is 0 Å². The minimum atomic E-state index is 0.523. The third-order valence-electron chi connectivity index (χ3n) is 2.10. The second kappa shape index (κ2) is 7.58. The highest BCUT2D eigenvalue weighted by molar-refractivity contribution is 5.49. The predicted molar refractivity (Wildman–Crippen MR) is 60.1 cm³/mol. The molecule has 0 amide bonds. The van der Waals surface area contributed by atoms with Gasteiger partial charge in [-0.25, -0.2) is 0 Å². The van der Waals surface area contributed by atoms with E-state index in [-0.39, 0.29) is 0 Å². The molecule has 2 heteroatoms. The van der Waals surface area contributed by atoms with Crippen LogP contribution >= 0.6 is 0 Å². The fourth-order valence-corrected chi connectivity index (χ4v) is 1.33. The molecule has 0 radical (unpaired) electrons. The van der Waals surface area contributed by atoms with Gasteiger partial charge in [0.15, 0.2) is 0 Å². The van der Waals surface area contributed by atoms with E-state index in [4.69, 9.17) is 0 Å². The number of carbonyl (C=O) groups is 1. The molecule has 0 aromatic rings. The molecule has 0 atom stereocenters. The predicted octanol–water partition coefficient (Wildman–Crippen LogP) is 2.09. The second-order valence-corrected chi connectivity index (χ2v) is 3.92. The van der Waals surface area contributed by atoms with Gasteiger partial charge in [-0.1, -0.05) is 5.92 Å². The first-order chi connectivity index (χ1) is 6.59. The standard InChI is InChI=1S/C12H21NO/c1-11(2)13(12(3)4)9-7-5-6-8-10-14/h10-12H,6,8-9H2,1-4H3. The van der Waals surface area contributed by atoms with E-state index >= 15 is 0 Å². The average Bonchev–Trinajstić information content (AvgIpc) is 2.09. The molecule has 0 aliphatic carbocycles. The van der Waals surface area contributed by atoms with Crippen molar-refractivity contribution in [1.29, 1.82) is 0 Å². The minimum absolute atomic E-state index is 0.523. The molecule has 0 bridgehead atoms. The van der Waals surface area contributed by atoms with Crippen LogP contribution in [-0.4, -0.2) is 29.8 Å². The van der Waals surface area contributed by atoms with E-state index in [0.29, 0.717) is 24.9 Å². The zero-order valence-corrected chi connectivity index (χ0v) is 9.71. The molecule has 0 N–H and O–H groups in total. The van der Waals surface area contributed by atoms with Crippen LogP contribution in [0.4, 0.5) is 0 Å². The topological polar surface area (TPSA) is 20.3 Å². The molecule has 80 valence electrons. The first-order valence-corrected chi connectivity index (χ1v) is 5.24. The number of unbranched alkanes of at least 4 members (excludes halogenated alkanes) is 1. The fourth-order valence-electron chi connectivity index (χ4n) is 1.33. The van der Waals surface area contributed by atoms with Gasteiger partial charge in [-0.2, -0.15) is 0 Å². The lowest BCUT2D eigenvalue weighted by Gasteiger charge is -2.28. The fraction of sp³-hybridized carbons (Fsp3) is 0.750. The third kappa shape index (κ3) is 5.77. The Labute approximate surface area is 87.7 Å². The molecule has 0 saturated heterocycles.